The van der Waals surface area contributed by atoms with Gasteiger partial charge in [-0.2, -0.15) is 0 Å². The summed E-state index contributed by atoms with van der Waals surface area (Å²) in [4.78, 5) is 13.8. The molecule has 22 heavy (non-hydrogen) atoms. The minimum Gasteiger partial charge on any atom is -0.376 e. The second-order valence-corrected chi connectivity index (χ2v) is 5.76. The van der Waals surface area contributed by atoms with Gasteiger partial charge in [0.2, 0.25) is 0 Å². The van der Waals surface area contributed by atoms with E-state index in [4.69, 9.17) is 4.74 Å². The summed E-state index contributed by atoms with van der Waals surface area (Å²) >= 11 is 0. The molecule has 0 aromatic heterocycles. The number of carbonyl (C=O) groups is 1. The molecule has 2 N–H and O–H groups in total. The molecule has 1 fully saturated rings. The van der Waals surface area contributed by atoms with E-state index in [-0.39, 0.29) is 24.0 Å². The monoisotopic (exact) mass is 309 g/mol. The molecule has 6 heteroatoms. The maximum Gasteiger partial charge on any atom is 0.314 e. The normalized spacial score (nSPS) is 19.2. The number of halogens is 1. The highest BCUT2D eigenvalue weighted by Gasteiger charge is 2.18. The molecule has 0 bridgehead atoms. The number of rotatable bonds is 6. The van der Waals surface area contributed by atoms with Gasteiger partial charge in [0.25, 0.3) is 0 Å². The fourth-order valence-corrected chi connectivity index (χ4v) is 2.58. The van der Waals surface area contributed by atoms with E-state index in [1.165, 1.54) is 12.1 Å². The Kier molecular flexibility index (Phi) is 6.15. The lowest BCUT2D eigenvalue weighted by Crippen LogP contribution is -2.42. The van der Waals surface area contributed by atoms with Crippen LogP contribution in [0.15, 0.2) is 24.3 Å². The second-order valence-electron chi connectivity index (χ2n) is 5.76. The molecule has 1 aromatic rings. The highest BCUT2D eigenvalue weighted by atomic mass is 19.1. The Morgan fingerprint density at radius 2 is 2.27 bits per heavy atom. The number of likely N-dealkylation sites (N-methyl/N-ethyl adjacent to an activating group) is 1. The summed E-state index contributed by atoms with van der Waals surface area (Å²) in [5, 5.41) is 5.65. The summed E-state index contributed by atoms with van der Waals surface area (Å²) in [5.41, 5.74) is 0.837. The third-order valence-electron chi connectivity index (χ3n) is 3.83. The van der Waals surface area contributed by atoms with Crippen molar-refractivity contribution in [3.05, 3.63) is 35.6 Å². The van der Waals surface area contributed by atoms with Crippen molar-refractivity contribution in [1.29, 1.82) is 0 Å². The van der Waals surface area contributed by atoms with Gasteiger partial charge in [-0.05, 0) is 44.6 Å². The van der Waals surface area contributed by atoms with Crippen LogP contribution in [0.4, 0.5) is 9.18 Å². The number of amides is 2. The van der Waals surface area contributed by atoms with Gasteiger partial charge in [-0.1, -0.05) is 12.1 Å². The standard InChI is InChI=1S/C16H24FN3O2/c1-20(2)15(12-5-3-6-13(17)9-12)11-19-16(21)18-10-14-7-4-8-22-14/h3,5-6,9,14-15H,4,7-8,10-11H2,1-2H3,(H2,18,19,21). The minimum atomic E-state index is -0.271. The fraction of sp³-hybridized carbons (Fsp3) is 0.562. The van der Waals surface area contributed by atoms with Crippen molar-refractivity contribution in [2.75, 3.05) is 33.8 Å². The van der Waals surface area contributed by atoms with E-state index >= 15 is 0 Å². The number of ether oxygens (including phenoxy) is 1. The van der Waals surface area contributed by atoms with E-state index in [9.17, 15) is 9.18 Å². The van der Waals surface area contributed by atoms with Crippen molar-refractivity contribution in [3.8, 4) is 0 Å². The summed E-state index contributed by atoms with van der Waals surface area (Å²) < 4.78 is 18.8. The number of nitrogens with zero attached hydrogens (tertiary/aromatic N) is 1. The summed E-state index contributed by atoms with van der Waals surface area (Å²) in [6.45, 7) is 1.71. The molecular weight excluding hydrogens is 285 g/mol. The number of hydrogen-bond donors (Lipinski definition) is 2. The van der Waals surface area contributed by atoms with E-state index in [2.05, 4.69) is 10.6 Å². The van der Waals surface area contributed by atoms with E-state index in [1.807, 2.05) is 25.1 Å². The maximum atomic E-state index is 13.4. The average molecular weight is 309 g/mol. The molecular formula is C16H24FN3O2. The lowest BCUT2D eigenvalue weighted by molar-refractivity contribution is 0.111. The highest BCUT2D eigenvalue weighted by molar-refractivity contribution is 5.73. The molecule has 0 saturated carbocycles. The van der Waals surface area contributed by atoms with Crippen LogP contribution in [0.25, 0.3) is 0 Å². The van der Waals surface area contributed by atoms with Gasteiger partial charge in [-0.25, -0.2) is 9.18 Å². The summed E-state index contributed by atoms with van der Waals surface area (Å²) in [7, 11) is 3.81. The van der Waals surface area contributed by atoms with Crippen LogP contribution in [0.1, 0.15) is 24.4 Å². The highest BCUT2D eigenvalue weighted by Crippen LogP contribution is 2.18. The largest absolute Gasteiger partial charge is 0.376 e. The van der Waals surface area contributed by atoms with Crippen molar-refractivity contribution in [2.45, 2.75) is 25.0 Å². The first-order valence-corrected chi connectivity index (χ1v) is 7.61. The van der Waals surface area contributed by atoms with Crippen LogP contribution in [0.3, 0.4) is 0 Å². The van der Waals surface area contributed by atoms with Gasteiger partial charge >= 0.3 is 6.03 Å². The molecule has 2 unspecified atom stereocenters. The van der Waals surface area contributed by atoms with Gasteiger partial charge in [-0.3, -0.25) is 0 Å². The smallest absolute Gasteiger partial charge is 0.314 e. The molecule has 5 nitrogen and oxygen atoms in total. The molecule has 1 heterocycles. The third-order valence-corrected chi connectivity index (χ3v) is 3.83. The van der Waals surface area contributed by atoms with E-state index in [0.29, 0.717) is 13.1 Å². The van der Waals surface area contributed by atoms with E-state index < -0.39 is 0 Å². The van der Waals surface area contributed by atoms with Crippen LogP contribution in [-0.4, -0.2) is 50.8 Å². The quantitative estimate of drug-likeness (QED) is 0.844. The predicted molar refractivity (Wildman–Crippen MR) is 83.2 cm³/mol. The summed E-state index contributed by atoms with van der Waals surface area (Å²) in [6.07, 6.45) is 2.17. The van der Waals surface area contributed by atoms with Crippen molar-refractivity contribution in [1.82, 2.24) is 15.5 Å². The Balaban J connectivity index is 1.82. The molecule has 0 aliphatic carbocycles. The SMILES string of the molecule is CN(C)C(CNC(=O)NCC1CCCO1)c1cccc(F)c1. The Morgan fingerprint density at radius 3 is 2.91 bits per heavy atom. The summed E-state index contributed by atoms with van der Waals surface area (Å²) in [6, 6.07) is 6.15. The van der Waals surface area contributed by atoms with Gasteiger partial charge in [0.15, 0.2) is 0 Å². The van der Waals surface area contributed by atoms with Crippen LogP contribution in [-0.2, 0) is 4.74 Å². The molecule has 2 atom stereocenters. The maximum absolute atomic E-state index is 13.4. The molecule has 2 rings (SSSR count). The number of urea groups is 1. The molecule has 1 aliphatic heterocycles. The molecule has 122 valence electrons. The Labute approximate surface area is 130 Å². The molecule has 1 aliphatic rings. The van der Waals surface area contributed by atoms with Gasteiger partial charge in [-0.15, -0.1) is 0 Å². The Hall–Kier alpha value is -1.66. The zero-order chi connectivity index (χ0) is 15.9. The van der Waals surface area contributed by atoms with Gasteiger partial charge in [0.1, 0.15) is 5.82 Å². The number of hydrogen-bond acceptors (Lipinski definition) is 3. The first-order chi connectivity index (χ1) is 10.6. The third kappa shape index (κ3) is 4.96. The number of carbonyl (C=O) groups excluding carboxylic acids is 1. The fourth-order valence-electron chi connectivity index (χ4n) is 2.58. The van der Waals surface area contributed by atoms with E-state index in [0.717, 1.165) is 25.0 Å². The van der Waals surface area contributed by atoms with Crippen LogP contribution in [0, 0.1) is 5.82 Å². The van der Waals surface area contributed by atoms with Gasteiger partial charge in [0.05, 0.1) is 12.1 Å². The zero-order valence-electron chi connectivity index (χ0n) is 13.1. The summed E-state index contributed by atoms with van der Waals surface area (Å²) in [5.74, 6) is -0.271. The lowest BCUT2D eigenvalue weighted by atomic mass is 10.1. The van der Waals surface area contributed by atoms with Crippen LogP contribution < -0.4 is 10.6 Å². The molecule has 2 amide bonds. The van der Waals surface area contributed by atoms with Crippen LogP contribution in [0.5, 0.6) is 0 Å². The molecule has 0 radical (unpaired) electrons. The number of nitrogens with one attached hydrogen (secondary N) is 2. The van der Waals surface area contributed by atoms with Crippen molar-refractivity contribution in [3.63, 3.8) is 0 Å². The van der Waals surface area contributed by atoms with E-state index in [1.54, 1.807) is 6.07 Å². The first kappa shape index (κ1) is 16.7. The van der Waals surface area contributed by atoms with Crippen LogP contribution >= 0.6 is 0 Å². The zero-order valence-corrected chi connectivity index (χ0v) is 13.1. The average Bonchev–Trinajstić information content (AvgIpc) is 2.98. The van der Waals surface area contributed by atoms with Crippen molar-refractivity contribution < 1.29 is 13.9 Å². The molecule has 1 saturated heterocycles. The molecule has 0 spiro atoms. The second kappa shape index (κ2) is 8.10. The minimum absolute atomic E-state index is 0.0795. The lowest BCUT2D eigenvalue weighted by Gasteiger charge is -2.25. The van der Waals surface area contributed by atoms with Gasteiger partial charge < -0.3 is 20.3 Å². The van der Waals surface area contributed by atoms with Crippen molar-refractivity contribution in [2.24, 2.45) is 0 Å². The number of benzene rings is 1. The molecule has 1 aromatic carbocycles. The van der Waals surface area contributed by atoms with Gasteiger partial charge in [0, 0.05) is 19.7 Å². The Bertz CT molecular complexity index is 490. The first-order valence-electron chi connectivity index (χ1n) is 7.61. The Morgan fingerprint density at radius 1 is 1.45 bits per heavy atom. The van der Waals surface area contributed by atoms with Crippen molar-refractivity contribution >= 4 is 6.03 Å². The predicted octanol–water partition coefficient (Wildman–Crippen LogP) is 1.91. The van der Waals surface area contributed by atoms with Crippen LogP contribution in [0.2, 0.25) is 0 Å². The topological polar surface area (TPSA) is 53.6 Å².